The molecule has 0 saturated heterocycles. The number of carbonyl (C=O) groups excluding carboxylic acids is 2. The Hall–Kier alpha value is -1.36. The molecule has 5 nitrogen and oxygen atoms in total. The number of hydroxylamine groups is 2. The number of hydrogen-bond acceptors (Lipinski definition) is 4. The van der Waals surface area contributed by atoms with Crippen LogP contribution in [0.5, 0.6) is 0 Å². The van der Waals surface area contributed by atoms with E-state index < -0.39 is 0 Å². The second-order valence-corrected chi connectivity index (χ2v) is 3.48. The van der Waals surface area contributed by atoms with E-state index in [2.05, 4.69) is 11.3 Å². The largest absolute Gasteiger partial charge is 0.469 e. The zero-order valence-electron chi connectivity index (χ0n) is 9.15. The highest BCUT2D eigenvalue weighted by Gasteiger charge is 2.47. The first-order chi connectivity index (χ1) is 7.02. The van der Waals surface area contributed by atoms with Gasteiger partial charge in [0.2, 0.25) is 0 Å². The number of amides is 1. The Labute approximate surface area is 88.6 Å². The first-order valence-electron chi connectivity index (χ1n) is 4.61. The van der Waals surface area contributed by atoms with Gasteiger partial charge in [-0.2, -0.15) is 0 Å². The maximum atomic E-state index is 11.6. The summed E-state index contributed by atoms with van der Waals surface area (Å²) in [6, 6.07) is 0. The van der Waals surface area contributed by atoms with Crippen molar-refractivity contribution >= 4 is 11.9 Å². The van der Waals surface area contributed by atoms with Crippen molar-refractivity contribution in [3.63, 3.8) is 0 Å². The molecule has 0 aliphatic heterocycles. The van der Waals surface area contributed by atoms with Crippen molar-refractivity contribution in [1.82, 2.24) is 5.06 Å². The molecule has 0 unspecified atom stereocenters. The van der Waals surface area contributed by atoms with Crippen molar-refractivity contribution in [3.8, 4) is 0 Å². The summed E-state index contributed by atoms with van der Waals surface area (Å²) in [6.45, 7) is 3.67. The second-order valence-electron chi connectivity index (χ2n) is 3.48. The minimum absolute atomic E-state index is 0.0949. The molecule has 1 aliphatic carbocycles. The quantitative estimate of drug-likeness (QED) is 0.384. The molecule has 1 fully saturated rings. The Balaban J connectivity index is 2.51. The summed E-state index contributed by atoms with van der Waals surface area (Å²) < 4.78 is 4.58. The highest BCUT2D eigenvalue weighted by Crippen LogP contribution is 2.44. The normalized spacial score (nSPS) is 23.1. The number of nitrogens with zero attached hydrogens (tertiary/aromatic N) is 1. The van der Waals surface area contributed by atoms with Crippen LogP contribution in [0.4, 0.5) is 0 Å². The lowest BCUT2D eigenvalue weighted by atomic mass is 10.1. The van der Waals surface area contributed by atoms with Crippen LogP contribution in [-0.2, 0) is 19.2 Å². The monoisotopic (exact) mass is 213 g/mol. The van der Waals surface area contributed by atoms with Crippen LogP contribution >= 0.6 is 0 Å². The SMILES string of the molecule is C=C(C(=O)N(C)OC)[C@@H]1C[C@H]1C(=O)OC. The lowest BCUT2D eigenvalue weighted by Crippen LogP contribution is -2.27. The third-order valence-electron chi connectivity index (χ3n) is 2.58. The fourth-order valence-corrected chi connectivity index (χ4v) is 1.44. The van der Waals surface area contributed by atoms with E-state index in [0.717, 1.165) is 5.06 Å². The molecule has 1 saturated carbocycles. The molecule has 0 spiro atoms. The van der Waals surface area contributed by atoms with Gasteiger partial charge in [0, 0.05) is 18.5 Å². The van der Waals surface area contributed by atoms with Gasteiger partial charge in [0.05, 0.1) is 20.1 Å². The van der Waals surface area contributed by atoms with E-state index in [1.54, 1.807) is 0 Å². The minimum Gasteiger partial charge on any atom is -0.469 e. The summed E-state index contributed by atoms with van der Waals surface area (Å²) in [5.74, 6) is -0.887. The molecule has 0 radical (unpaired) electrons. The van der Waals surface area contributed by atoms with Crippen LogP contribution in [-0.4, -0.2) is 38.2 Å². The number of likely N-dealkylation sites (N-methyl/N-ethyl adjacent to an activating group) is 1. The van der Waals surface area contributed by atoms with Gasteiger partial charge in [-0.15, -0.1) is 0 Å². The summed E-state index contributed by atoms with van der Waals surface area (Å²) in [6.07, 6.45) is 0.634. The van der Waals surface area contributed by atoms with E-state index in [9.17, 15) is 9.59 Å². The summed E-state index contributed by atoms with van der Waals surface area (Å²) in [7, 11) is 4.24. The van der Waals surface area contributed by atoms with Crippen LogP contribution in [0, 0.1) is 11.8 Å². The van der Waals surface area contributed by atoms with Crippen LogP contribution in [0.3, 0.4) is 0 Å². The van der Waals surface area contributed by atoms with E-state index in [1.165, 1.54) is 21.3 Å². The van der Waals surface area contributed by atoms with Gasteiger partial charge < -0.3 is 4.74 Å². The third kappa shape index (κ3) is 2.36. The Morgan fingerprint density at radius 1 is 1.33 bits per heavy atom. The molecule has 0 aromatic rings. The molecule has 5 heteroatoms. The first kappa shape index (κ1) is 11.7. The summed E-state index contributed by atoms with van der Waals surface area (Å²) >= 11 is 0. The minimum atomic E-state index is -0.297. The van der Waals surface area contributed by atoms with Crippen LogP contribution in [0.1, 0.15) is 6.42 Å². The summed E-state index contributed by atoms with van der Waals surface area (Å²) in [5, 5.41) is 1.09. The lowest BCUT2D eigenvalue weighted by molar-refractivity contribution is -0.164. The predicted octanol–water partition coefficient (Wildman–Crippen LogP) is 0.371. The van der Waals surface area contributed by atoms with Gasteiger partial charge in [0.25, 0.3) is 5.91 Å². The molecule has 1 rings (SSSR count). The van der Waals surface area contributed by atoms with Gasteiger partial charge in [-0.3, -0.25) is 14.4 Å². The summed E-state index contributed by atoms with van der Waals surface area (Å²) in [5.41, 5.74) is 0.398. The van der Waals surface area contributed by atoms with Crippen molar-refractivity contribution in [2.75, 3.05) is 21.3 Å². The number of rotatable bonds is 4. The van der Waals surface area contributed by atoms with Gasteiger partial charge in [0.15, 0.2) is 0 Å². The average molecular weight is 213 g/mol. The Morgan fingerprint density at radius 3 is 2.40 bits per heavy atom. The van der Waals surface area contributed by atoms with Gasteiger partial charge in [-0.1, -0.05) is 6.58 Å². The van der Waals surface area contributed by atoms with Gasteiger partial charge in [-0.25, -0.2) is 5.06 Å². The van der Waals surface area contributed by atoms with Crippen LogP contribution in [0.2, 0.25) is 0 Å². The van der Waals surface area contributed by atoms with Crippen molar-refractivity contribution in [2.24, 2.45) is 11.8 Å². The summed E-state index contributed by atoms with van der Waals surface area (Å²) in [4.78, 5) is 27.4. The van der Waals surface area contributed by atoms with Gasteiger partial charge >= 0.3 is 5.97 Å². The Morgan fingerprint density at radius 2 is 1.93 bits per heavy atom. The van der Waals surface area contributed by atoms with Crippen molar-refractivity contribution in [3.05, 3.63) is 12.2 Å². The molecule has 2 atom stereocenters. The van der Waals surface area contributed by atoms with E-state index in [-0.39, 0.29) is 23.7 Å². The first-order valence-corrected chi connectivity index (χ1v) is 4.61. The highest BCUT2D eigenvalue weighted by molar-refractivity contribution is 5.94. The lowest BCUT2D eigenvalue weighted by Gasteiger charge is -2.14. The standard InChI is InChI=1S/C10H15NO4/c1-6(9(12)11(2)15-4)7-5-8(7)10(13)14-3/h7-8H,1,5H2,2-4H3/t7-,8+/m0/s1. The highest BCUT2D eigenvalue weighted by atomic mass is 16.7. The zero-order valence-corrected chi connectivity index (χ0v) is 9.15. The number of esters is 1. The fraction of sp³-hybridized carbons (Fsp3) is 0.600. The van der Waals surface area contributed by atoms with Crippen LogP contribution < -0.4 is 0 Å². The topological polar surface area (TPSA) is 55.8 Å². The Bertz CT molecular complexity index is 300. The van der Waals surface area contributed by atoms with Crippen molar-refractivity contribution in [2.45, 2.75) is 6.42 Å². The maximum absolute atomic E-state index is 11.6. The van der Waals surface area contributed by atoms with Crippen molar-refractivity contribution < 1.29 is 19.2 Å². The number of carbonyl (C=O) groups is 2. The molecule has 15 heavy (non-hydrogen) atoms. The molecule has 84 valence electrons. The number of ether oxygens (including phenoxy) is 1. The van der Waals surface area contributed by atoms with Gasteiger partial charge in [0.1, 0.15) is 0 Å². The van der Waals surface area contributed by atoms with Crippen LogP contribution in [0.15, 0.2) is 12.2 Å². The molecule has 1 amide bonds. The zero-order chi connectivity index (χ0) is 11.6. The van der Waals surface area contributed by atoms with Gasteiger partial charge in [-0.05, 0) is 6.42 Å². The predicted molar refractivity (Wildman–Crippen MR) is 52.5 cm³/mol. The fourth-order valence-electron chi connectivity index (χ4n) is 1.44. The molecule has 1 aliphatic rings. The van der Waals surface area contributed by atoms with Crippen LogP contribution in [0.25, 0.3) is 0 Å². The molecule has 0 aromatic carbocycles. The molecule has 0 heterocycles. The van der Waals surface area contributed by atoms with E-state index >= 15 is 0 Å². The van der Waals surface area contributed by atoms with E-state index in [1.807, 2.05) is 0 Å². The molecular weight excluding hydrogens is 198 g/mol. The second kappa shape index (κ2) is 4.44. The molecular formula is C10H15NO4. The van der Waals surface area contributed by atoms with E-state index in [0.29, 0.717) is 12.0 Å². The average Bonchev–Trinajstić information content (AvgIpc) is 3.04. The Kier molecular flexibility index (Phi) is 3.47. The number of methoxy groups -OCH3 is 1. The maximum Gasteiger partial charge on any atom is 0.309 e. The number of hydrogen-bond donors (Lipinski definition) is 0. The van der Waals surface area contributed by atoms with Crippen molar-refractivity contribution in [1.29, 1.82) is 0 Å². The van der Waals surface area contributed by atoms with E-state index in [4.69, 9.17) is 4.84 Å². The molecule has 0 N–H and O–H groups in total. The molecule has 0 aromatic heterocycles. The third-order valence-corrected chi connectivity index (χ3v) is 2.58. The smallest absolute Gasteiger partial charge is 0.309 e. The molecule has 0 bridgehead atoms.